The van der Waals surface area contributed by atoms with Gasteiger partial charge in [0.25, 0.3) is 0 Å². The molecule has 0 bridgehead atoms. The van der Waals surface area contributed by atoms with Crippen molar-refractivity contribution in [2.24, 2.45) is 0 Å². The van der Waals surface area contributed by atoms with Crippen molar-refractivity contribution >= 4 is 17.5 Å². The van der Waals surface area contributed by atoms with Gasteiger partial charge in [-0.3, -0.25) is 14.5 Å². The van der Waals surface area contributed by atoms with E-state index in [2.05, 4.69) is 27.4 Å². The van der Waals surface area contributed by atoms with Crippen LogP contribution in [0.4, 0.5) is 5.69 Å². The Kier molecular flexibility index (Phi) is 7.21. The number of anilines is 1. The Morgan fingerprint density at radius 3 is 2.44 bits per heavy atom. The molecular weight excluding hydrogens is 320 g/mol. The van der Waals surface area contributed by atoms with Crippen LogP contribution in [-0.2, 0) is 9.59 Å². The molecule has 138 valence electrons. The van der Waals surface area contributed by atoms with Crippen LogP contribution in [0.1, 0.15) is 12.5 Å². The normalized spacial score (nSPS) is 15.6. The number of benzene rings is 1. The molecule has 0 spiro atoms. The summed E-state index contributed by atoms with van der Waals surface area (Å²) in [4.78, 5) is 28.6. The zero-order chi connectivity index (χ0) is 18.2. The van der Waals surface area contributed by atoms with Crippen molar-refractivity contribution in [3.63, 3.8) is 0 Å². The summed E-state index contributed by atoms with van der Waals surface area (Å²) in [5, 5.41) is 5.46. The van der Waals surface area contributed by atoms with Gasteiger partial charge in [0.2, 0.25) is 11.8 Å². The van der Waals surface area contributed by atoms with Crippen LogP contribution >= 0.6 is 0 Å². The van der Waals surface area contributed by atoms with E-state index in [0.717, 1.165) is 38.3 Å². The van der Waals surface area contributed by atoms with Gasteiger partial charge in [0, 0.05) is 26.2 Å². The number of rotatable bonds is 7. The van der Waals surface area contributed by atoms with E-state index in [9.17, 15) is 9.59 Å². The monoisotopic (exact) mass is 348 g/mol. The van der Waals surface area contributed by atoms with E-state index in [4.69, 9.17) is 4.74 Å². The molecule has 2 amide bonds. The second-order valence-electron chi connectivity index (χ2n) is 6.24. The molecular formula is C18H28N4O3. The quantitative estimate of drug-likeness (QED) is 0.759. The first-order chi connectivity index (χ1) is 12.0. The predicted octanol–water partition coefficient (Wildman–Crippen LogP) is 0.696. The fourth-order valence-corrected chi connectivity index (χ4v) is 2.82. The maximum absolute atomic E-state index is 12.1. The van der Waals surface area contributed by atoms with Crippen molar-refractivity contribution in [2.75, 3.05) is 58.2 Å². The number of methoxy groups -OCH3 is 1. The summed E-state index contributed by atoms with van der Waals surface area (Å²) in [7, 11) is 1.56. The average molecular weight is 348 g/mol. The molecule has 1 aliphatic rings. The molecule has 2 N–H and O–H groups in total. The molecule has 0 aliphatic carbocycles. The van der Waals surface area contributed by atoms with Crippen molar-refractivity contribution in [1.82, 2.24) is 15.1 Å². The number of nitrogens with one attached hydrogen (secondary N) is 2. The summed E-state index contributed by atoms with van der Waals surface area (Å²) in [6.45, 7) is 9.14. The first-order valence-corrected chi connectivity index (χ1v) is 8.67. The number of hydrogen-bond donors (Lipinski definition) is 2. The number of likely N-dealkylation sites (N-methyl/N-ethyl adjacent to an activating group) is 1. The SMILES string of the molecule is CCN1CCN(CC(=O)NCC(=O)Nc2cc(C)ccc2OC)CC1. The Bertz CT molecular complexity index is 598. The van der Waals surface area contributed by atoms with Gasteiger partial charge in [-0.1, -0.05) is 13.0 Å². The lowest BCUT2D eigenvalue weighted by molar-refractivity contribution is -0.125. The molecule has 1 aliphatic heterocycles. The lowest BCUT2D eigenvalue weighted by Gasteiger charge is -2.33. The second kappa shape index (κ2) is 9.39. The van der Waals surface area contributed by atoms with E-state index in [1.807, 2.05) is 19.1 Å². The molecule has 1 heterocycles. The van der Waals surface area contributed by atoms with Crippen molar-refractivity contribution in [3.05, 3.63) is 23.8 Å². The lowest BCUT2D eigenvalue weighted by atomic mass is 10.2. The van der Waals surface area contributed by atoms with Crippen molar-refractivity contribution in [1.29, 1.82) is 0 Å². The summed E-state index contributed by atoms with van der Waals surface area (Å²) in [5.41, 5.74) is 1.63. The molecule has 7 heteroatoms. The topological polar surface area (TPSA) is 73.9 Å². The summed E-state index contributed by atoms with van der Waals surface area (Å²) >= 11 is 0. The molecule has 0 radical (unpaired) electrons. The highest BCUT2D eigenvalue weighted by Crippen LogP contribution is 2.24. The number of amides is 2. The third-order valence-electron chi connectivity index (χ3n) is 4.35. The van der Waals surface area contributed by atoms with Gasteiger partial charge in [0.15, 0.2) is 0 Å². The summed E-state index contributed by atoms with van der Waals surface area (Å²) in [6, 6.07) is 5.56. The minimum absolute atomic E-state index is 0.0507. The number of nitrogens with zero attached hydrogens (tertiary/aromatic N) is 2. The average Bonchev–Trinajstić information content (AvgIpc) is 2.61. The Hall–Kier alpha value is -2.12. The highest BCUT2D eigenvalue weighted by molar-refractivity contribution is 5.96. The number of carbonyl (C=O) groups is 2. The van der Waals surface area contributed by atoms with Crippen LogP contribution in [-0.4, -0.2) is 74.5 Å². The van der Waals surface area contributed by atoms with Crippen LogP contribution in [0.5, 0.6) is 5.75 Å². The van der Waals surface area contributed by atoms with Crippen molar-refractivity contribution in [3.8, 4) is 5.75 Å². The molecule has 1 aromatic carbocycles. The van der Waals surface area contributed by atoms with E-state index in [-0.39, 0.29) is 18.4 Å². The van der Waals surface area contributed by atoms with Crippen LogP contribution in [0.15, 0.2) is 18.2 Å². The van der Waals surface area contributed by atoms with Gasteiger partial charge in [0.05, 0.1) is 25.9 Å². The molecule has 1 fully saturated rings. The maximum atomic E-state index is 12.1. The molecule has 2 rings (SSSR count). The second-order valence-corrected chi connectivity index (χ2v) is 6.24. The highest BCUT2D eigenvalue weighted by atomic mass is 16.5. The number of ether oxygens (including phenoxy) is 1. The molecule has 1 saturated heterocycles. The van der Waals surface area contributed by atoms with Gasteiger partial charge >= 0.3 is 0 Å². The minimum Gasteiger partial charge on any atom is -0.495 e. The molecule has 0 unspecified atom stereocenters. The summed E-state index contributed by atoms with van der Waals surface area (Å²) < 4.78 is 5.23. The zero-order valence-electron chi connectivity index (χ0n) is 15.3. The zero-order valence-corrected chi connectivity index (χ0v) is 15.3. The third kappa shape index (κ3) is 6.03. The largest absolute Gasteiger partial charge is 0.495 e. The number of aryl methyl sites for hydroxylation is 1. The predicted molar refractivity (Wildman–Crippen MR) is 97.9 cm³/mol. The molecule has 1 aromatic rings. The summed E-state index contributed by atoms with van der Waals surface area (Å²) in [5.74, 6) is 0.198. The smallest absolute Gasteiger partial charge is 0.243 e. The lowest BCUT2D eigenvalue weighted by Crippen LogP contribution is -2.49. The standard InChI is InChI=1S/C18H28N4O3/c1-4-21-7-9-22(10-8-21)13-18(24)19-12-17(23)20-15-11-14(2)5-6-16(15)25-3/h5-6,11H,4,7-10,12-13H2,1-3H3,(H,19,24)(H,20,23). The van der Waals surface area contributed by atoms with Crippen molar-refractivity contribution < 1.29 is 14.3 Å². The van der Waals surface area contributed by atoms with Crippen molar-refractivity contribution in [2.45, 2.75) is 13.8 Å². The number of piperazine rings is 1. The van der Waals surface area contributed by atoms with Crippen LogP contribution in [0.2, 0.25) is 0 Å². The Labute approximate surface area is 149 Å². The van der Waals surface area contributed by atoms with E-state index < -0.39 is 0 Å². The van der Waals surface area contributed by atoms with Gasteiger partial charge in [-0.25, -0.2) is 0 Å². The molecule has 25 heavy (non-hydrogen) atoms. The van der Waals surface area contributed by atoms with E-state index in [1.165, 1.54) is 0 Å². The molecule has 0 saturated carbocycles. The van der Waals surface area contributed by atoms with Gasteiger partial charge in [-0.2, -0.15) is 0 Å². The maximum Gasteiger partial charge on any atom is 0.243 e. The minimum atomic E-state index is -0.270. The number of carbonyl (C=O) groups excluding carboxylic acids is 2. The van der Waals surface area contributed by atoms with Gasteiger partial charge in [-0.05, 0) is 31.2 Å². The van der Waals surface area contributed by atoms with Crippen LogP contribution < -0.4 is 15.4 Å². The van der Waals surface area contributed by atoms with Crippen LogP contribution in [0.25, 0.3) is 0 Å². The summed E-state index contributed by atoms with van der Waals surface area (Å²) in [6.07, 6.45) is 0. The molecule has 0 aromatic heterocycles. The van der Waals surface area contributed by atoms with Crippen LogP contribution in [0.3, 0.4) is 0 Å². The fourth-order valence-electron chi connectivity index (χ4n) is 2.82. The molecule has 7 nitrogen and oxygen atoms in total. The Balaban J connectivity index is 1.74. The molecule has 0 atom stereocenters. The first kappa shape index (κ1) is 19.2. The van der Waals surface area contributed by atoms with Gasteiger partial charge in [-0.15, -0.1) is 0 Å². The first-order valence-electron chi connectivity index (χ1n) is 8.67. The number of hydrogen-bond acceptors (Lipinski definition) is 5. The third-order valence-corrected chi connectivity index (χ3v) is 4.35. The Morgan fingerprint density at radius 1 is 1.12 bits per heavy atom. The van der Waals surface area contributed by atoms with E-state index in [1.54, 1.807) is 13.2 Å². The van der Waals surface area contributed by atoms with Gasteiger partial charge in [0.1, 0.15) is 5.75 Å². The van der Waals surface area contributed by atoms with Gasteiger partial charge < -0.3 is 20.3 Å². The highest BCUT2D eigenvalue weighted by Gasteiger charge is 2.18. The van der Waals surface area contributed by atoms with Crippen LogP contribution in [0, 0.1) is 6.92 Å². The Morgan fingerprint density at radius 2 is 1.80 bits per heavy atom. The fraction of sp³-hybridized carbons (Fsp3) is 0.556. The van der Waals surface area contributed by atoms with E-state index in [0.29, 0.717) is 18.0 Å². The van der Waals surface area contributed by atoms with E-state index >= 15 is 0 Å².